The number of quaternary nitrogens is 1. The van der Waals surface area contributed by atoms with Gasteiger partial charge in [-0.2, -0.15) is 0 Å². The molecule has 0 amide bonds. The van der Waals surface area contributed by atoms with E-state index in [1.54, 1.807) is 13.8 Å². The molecule has 0 aromatic rings. The molecule has 0 aliphatic rings. The van der Waals surface area contributed by atoms with Crippen molar-refractivity contribution in [1.29, 1.82) is 0 Å². The van der Waals surface area contributed by atoms with Gasteiger partial charge < -0.3 is 23.6 Å². The van der Waals surface area contributed by atoms with Crippen LogP contribution in [-0.2, 0) is 18.6 Å². The lowest BCUT2D eigenvalue weighted by Gasteiger charge is -2.39. The first kappa shape index (κ1) is 20.6. The second-order valence-electron chi connectivity index (χ2n) is 5.79. The number of rotatable bonds is 10. The van der Waals surface area contributed by atoms with Gasteiger partial charge in [-0.05, 0) is 20.8 Å². The van der Waals surface area contributed by atoms with Gasteiger partial charge in [0.25, 0.3) is 7.37 Å². The minimum Gasteiger partial charge on any atom is -0.378 e. The van der Waals surface area contributed by atoms with E-state index in [0.29, 0.717) is 4.48 Å². The first-order chi connectivity index (χ1) is 9.56. The topological polar surface area (TPSA) is 65.0 Å². The highest BCUT2D eigenvalue weighted by atomic mass is 31.2. The predicted molar refractivity (Wildman–Crippen MR) is 83.0 cm³/mol. The van der Waals surface area contributed by atoms with Crippen LogP contribution in [0.4, 0.5) is 0 Å². The molecular formula is C14H29NO5P+. The van der Waals surface area contributed by atoms with Crippen LogP contribution in [0.1, 0.15) is 20.8 Å². The van der Waals surface area contributed by atoms with Crippen molar-refractivity contribution in [3.63, 3.8) is 0 Å². The fraction of sp³-hybridized carbons (Fsp3) is 0.857. The van der Waals surface area contributed by atoms with Gasteiger partial charge in [0, 0.05) is 13.2 Å². The molecule has 2 atom stereocenters. The number of likely N-dealkylation sites (N-methyl/N-ethyl adjacent to an activating group) is 1. The first-order valence-electron chi connectivity index (χ1n) is 7.00. The summed E-state index contributed by atoms with van der Waals surface area (Å²) in [5.41, 5.74) is -1.53. The van der Waals surface area contributed by atoms with Crippen molar-refractivity contribution in [1.82, 2.24) is 0 Å². The zero-order chi connectivity index (χ0) is 16.7. The van der Waals surface area contributed by atoms with Gasteiger partial charge in [-0.25, -0.2) is 0 Å². The molecule has 0 saturated heterocycles. The second kappa shape index (κ2) is 8.28. The Morgan fingerprint density at radius 2 is 1.76 bits per heavy atom. The van der Waals surface area contributed by atoms with E-state index in [4.69, 9.17) is 20.4 Å². The standard InChI is InChI=1S/C14H29NO5P/c1-8-11-20-21(17,13(16)12-15(5,6)7)14(4,18-9-2)19-10-3/h1,13,16H,9-12H2,2-7H3/q+1. The minimum absolute atomic E-state index is 0.179. The van der Waals surface area contributed by atoms with E-state index in [9.17, 15) is 9.67 Å². The van der Waals surface area contributed by atoms with Crippen LogP contribution in [0.25, 0.3) is 0 Å². The van der Waals surface area contributed by atoms with E-state index >= 15 is 0 Å². The molecule has 0 radical (unpaired) electrons. The van der Waals surface area contributed by atoms with Gasteiger partial charge >= 0.3 is 0 Å². The molecule has 6 nitrogen and oxygen atoms in total. The molecule has 0 bridgehead atoms. The molecule has 21 heavy (non-hydrogen) atoms. The van der Waals surface area contributed by atoms with Gasteiger partial charge in [0.2, 0.25) is 5.53 Å². The van der Waals surface area contributed by atoms with Gasteiger partial charge in [0.15, 0.2) is 5.85 Å². The van der Waals surface area contributed by atoms with Crippen molar-refractivity contribution in [2.24, 2.45) is 0 Å². The molecule has 0 aromatic carbocycles. The summed E-state index contributed by atoms with van der Waals surface area (Å²) in [5, 5.41) is 10.5. The summed E-state index contributed by atoms with van der Waals surface area (Å²) < 4.78 is 30.1. The Labute approximate surface area is 128 Å². The summed E-state index contributed by atoms with van der Waals surface area (Å²) in [4.78, 5) is 0. The molecular weight excluding hydrogens is 293 g/mol. The normalized spacial score (nSPS) is 17.0. The molecule has 0 saturated carbocycles. The maximum atomic E-state index is 13.3. The minimum atomic E-state index is -3.73. The van der Waals surface area contributed by atoms with Crippen LogP contribution in [0.2, 0.25) is 0 Å². The van der Waals surface area contributed by atoms with E-state index < -0.39 is 18.7 Å². The van der Waals surface area contributed by atoms with E-state index in [-0.39, 0.29) is 26.4 Å². The van der Waals surface area contributed by atoms with Crippen molar-refractivity contribution in [3.05, 3.63) is 0 Å². The number of hydrogen-bond donors (Lipinski definition) is 1. The SMILES string of the molecule is C#CCOP(=O)(C(O)C[N+](C)(C)C)C(C)(OCC)OCC. The third kappa shape index (κ3) is 5.71. The molecule has 7 heteroatoms. The van der Waals surface area contributed by atoms with Crippen LogP contribution in [0.5, 0.6) is 0 Å². The molecule has 0 fully saturated rings. The van der Waals surface area contributed by atoms with Crippen LogP contribution in [0.15, 0.2) is 0 Å². The van der Waals surface area contributed by atoms with Crippen molar-refractivity contribution < 1.29 is 28.2 Å². The summed E-state index contributed by atoms with van der Waals surface area (Å²) in [6, 6.07) is 0. The van der Waals surface area contributed by atoms with Crippen LogP contribution in [-0.4, -0.2) is 68.5 Å². The number of ether oxygens (including phenoxy) is 2. The van der Waals surface area contributed by atoms with Gasteiger partial charge in [-0.15, -0.1) is 6.42 Å². The lowest BCUT2D eigenvalue weighted by Crippen LogP contribution is -2.46. The molecule has 124 valence electrons. The molecule has 0 aliphatic heterocycles. The highest BCUT2D eigenvalue weighted by Crippen LogP contribution is 2.63. The summed E-state index contributed by atoms with van der Waals surface area (Å²) in [6.45, 7) is 5.63. The summed E-state index contributed by atoms with van der Waals surface area (Å²) in [6.07, 6.45) is 5.19. The maximum absolute atomic E-state index is 13.3. The van der Waals surface area contributed by atoms with Gasteiger partial charge in [0.05, 0.1) is 21.1 Å². The largest absolute Gasteiger partial charge is 0.378 e. The monoisotopic (exact) mass is 322 g/mol. The average Bonchev–Trinajstić information content (AvgIpc) is 2.34. The number of terminal acetylenes is 1. The lowest BCUT2D eigenvalue weighted by molar-refractivity contribution is -0.872. The maximum Gasteiger partial charge on any atom is 0.294 e. The van der Waals surface area contributed by atoms with Crippen LogP contribution in [0, 0.1) is 12.3 Å². The average molecular weight is 322 g/mol. The number of aliphatic hydroxyl groups is 1. The lowest BCUT2D eigenvalue weighted by atomic mass is 10.5. The Morgan fingerprint density at radius 3 is 2.10 bits per heavy atom. The van der Waals surface area contributed by atoms with E-state index in [1.165, 1.54) is 6.92 Å². The third-order valence-electron chi connectivity index (χ3n) is 2.83. The summed E-state index contributed by atoms with van der Waals surface area (Å²) in [7, 11) is 1.92. The molecule has 0 aromatic heterocycles. The molecule has 2 unspecified atom stereocenters. The van der Waals surface area contributed by atoms with Crippen molar-refractivity contribution in [2.45, 2.75) is 32.1 Å². The van der Waals surface area contributed by atoms with Crippen LogP contribution >= 0.6 is 7.37 Å². The fourth-order valence-corrected chi connectivity index (χ4v) is 4.50. The van der Waals surface area contributed by atoms with E-state index in [1.807, 2.05) is 21.1 Å². The molecule has 1 N–H and O–H groups in total. The quantitative estimate of drug-likeness (QED) is 0.287. The molecule has 0 heterocycles. The molecule has 0 spiro atoms. The van der Waals surface area contributed by atoms with Crippen molar-refractivity contribution in [2.75, 3.05) is 47.5 Å². The van der Waals surface area contributed by atoms with Gasteiger partial charge in [-0.3, -0.25) is 4.57 Å². The highest BCUT2D eigenvalue weighted by molar-refractivity contribution is 7.60. The zero-order valence-electron chi connectivity index (χ0n) is 14.0. The Morgan fingerprint density at radius 1 is 1.29 bits per heavy atom. The number of nitrogens with zero attached hydrogens (tertiary/aromatic N) is 1. The van der Waals surface area contributed by atoms with E-state index in [2.05, 4.69) is 5.92 Å². The number of aliphatic hydroxyl groups excluding tert-OH is 1. The van der Waals surface area contributed by atoms with Crippen LogP contribution < -0.4 is 0 Å². The molecule has 0 aliphatic carbocycles. The Balaban J connectivity index is 5.58. The summed E-state index contributed by atoms with van der Waals surface area (Å²) in [5.74, 6) is 1.03. The van der Waals surface area contributed by atoms with Crippen LogP contribution in [0.3, 0.4) is 0 Å². The van der Waals surface area contributed by atoms with E-state index in [0.717, 1.165) is 0 Å². The van der Waals surface area contributed by atoms with Gasteiger partial charge in [-0.1, -0.05) is 5.92 Å². The Kier molecular flexibility index (Phi) is 8.12. The smallest absolute Gasteiger partial charge is 0.294 e. The zero-order valence-corrected chi connectivity index (χ0v) is 14.9. The Hall–Kier alpha value is -0.410. The van der Waals surface area contributed by atoms with Gasteiger partial charge in [0.1, 0.15) is 13.2 Å². The molecule has 0 rings (SSSR count). The highest BCUT2D eigenvalue weighted by Gasteiger charge is 2.54. The number of hydrogen-bond acceptors (Lipinski definition) is 5. The summed E-state index contributed by atoms with van der Waals surface area (Å²) >= 11 is 0. The Bertz CT molecular complexity index is 393. The third-order valence-corrected chi connectivity index (χ3v) is 5.68. The second-order valence-corrected chi connectivity index (χ2v) is 8.65. The van der Waals surface area contributed by atoms with Crippen molar-refractivity contribution >= 4 is 7.37 Å². The fourth-order valence-electron chi connectivity index (χ4n) is 1.96. The predicted octanol–water partition coefficient (Wildman–Crippen LogP) is 1.69. The van der Waals surface area contributed by atoms with Crippen molar-refractivity contribution in [3.8, 4) is 12.3 Å². The first-order valence-corrected chi connectivity index (χ1v) is 8.70.